The number of piperidine rings is 1. The van der Waals surface area contributed by atoms with Crippen LogP contribution in [0.3, 0.4) is 0 Å². The van der Waals surface area contributed by atoms with E-state index in [9.17, 15) is 19.2 Å². The number of hydrogen-bond donors (Lipinski definition) is 0. The minimum atomic E-state index is -0.212. The zero-order chi connectivity index (χ0) is 27.4. The fourth-order valence-electron chi connectivity index (χ4n) is 7.33. The van der Waals surface area contributed by atoms with Crippen LogP contribution in [0.4, 0.5) is 0 Å². The first-order valence-corrected chi connectivity index (χ1v) is 14.4. The van der Waals surface area contributed by atoms with Crippen molar-refractivity contribution in [2.45, 2.75) is 38.5 Å². The Labute approximate surface area is 234 Å². The van der Waals surface area contributed by atoms with Gasteiger partial charge in [0.2, 0.25) is 5.91 Å². The van der Waals surface area contributed by atoms with Gasteiger partial charge in [-0.1, -0.05) is 48.5 Å². The number of nitrogens with zero attached hydrogens (tertiary/aromatic N) is 2. The molecule has 0 bridgehead atoms. The van der Waals surface area contributed by atoms with E-state index in [0.29, 0.717) is 53.2 Å². The molecule has 0 radical (unpaired) electrons. The summed E-state index contributed by atoms with van der Waals surface area (Å²) in [6.45, 7) is 2.82. The van der Waals surface area contributed by atoms with Crippen molar-refractivity contribution < 1.29 is 19.2 Å². The molecule has 0 unspecified atom stereocenters. The van der Waals surface area contributed by atoms with E-state index in [-0.39, 0.29) is 28.8 Å². The van der Waals surface area contributed by atoms with Gasteiger partial charge in [-0.2, -0.15) is 0 Å². The molecule has 2 aliphatic heterocycles. The summed E-state index contributed by atoms with van der Waals surface area (Å²) in [5.74, 6) is 0.165. The molecule has 0 atom stereocenters. The maximum absolute atomic E-state index is 13.5. The van der Waals surface area contributed by atoms with Gasteiger partial charge < -0.3 is 9.80 Å². The van der Waals surface area contributed by atoms with Crippen LogP contribution in [0.2, 0.25) is 0 Å². The van der Waals surface area contributed by atoms with Crippen molar-refractivity contribution in [2.24, 2.45) is 11.3 Å². The lowest BCUT2D eigenvalue weighted by Crippen LogP contribution is -2.45. The number of ketones is 2. The number of carbonyl (C=O) groups excluding carboxylic acids is 4. The second kappa shape index (κ2) is 9.54. The van der Waals surface area contributed by atoms with Gasteiger partial charge in [-0.15, -0.1) is 0 Å². The predicted octanol–water partition coefficient (Wildman–Crippen LogP) is 4.72. The lowest BCUT2D eigenvalue weighted by atomic mass is 9.77. The van der Waals surface area contributed by atoms with Gasteiger partial charge in [0.25, 0.3) is 5.91 Å². The standard InChI is InChI=1S/C34H32N2O4/c37-30(19-22-17-23-5-1-2-6-24(23)18-22)35-14-11-34(12-15-35)13-16-36(21-34)33(40)25-9-10-28-29(20-25)32(39)27-8-4-3-7-26(27)31(28)38/h1-10,20,22H,11-19,21H2. The summed E-state index contributed by atoms with van der Waals surface area (Å²) in [4.78, 5) is 56.6. The van der Waals surface area contributed by atoms with Crippen molar-refractivity contribution in [3.8, 4) is 0 Å². The highest BCUT2D eigenvalue weighted by atomic mass is 16.2. The summed E-state index contributed by atoms with van der Waals surface area (Å²) in [7, 11) is 0. The molecule has 0 aromatic heterocycles. The summed E-state index contributed by atoms with van der Waals surface area (Å²) >= 11 is 0. The number of rotatable bonds is 3. The van der Waals surface area contributed by atoms with Gasteiger partial charge in [0.15, 0.2) is 11.6 Å². The largest absolute Gasteiger partial charge is 0.343 e. The smallest absolute Gasteiger partial charge is 0.253 e. The molecule has 0 saturated carbocycles. The Kier molecular flexibility index (Phi) is 5.95. The van der Waals surface area contributed by atoms with E-state index in [1.807, 2.05) is 9.80 Å². The minimum absolute atomic E-state index is 0.0367. The van der Waals surface area contributed by atoms with Crippen LogP contribution in [0.5, 0.6) is 0 Å². The number of hydrogen-bond acceptors (Lipinski definition) is 4. The number of carbonyl (C=O) groups is 4. The van der Waals surface area contributed by atoms with E-state index < -0.39 is 0 Å². The predicted molar refractivity (Wildman–Crippen MR) is 150 cm³/mol. The highest BCUT2D eigenvalue weighted by Gasteiger charge is 2.43. The highest BCUT2D eigenvalue weighted by molar-refractivity contribution is 6.28. The van der Waals surface area contributed by atoms with Crippen molar-refractivity contribution in [3.63, 3.8) is 0 Å². The zero-order valence-electron chi connectivity index (χ0n) is 22.5. The molecular weight excluding hydrogens is 500 g/mol. The molecule has 3 aromatic carbocycles. The fraction of sp³-hybridized carbons (Fsp3) is 0.353. The molecule has 2 heterocycles. The molecular formula is C34H32N2O4. The molecule has 2 saturated heterocycles. The van der Waals surface area contributed by atoms with Crippen LogP contribution in [-0.2, 0) is 17.6 Å². The molecule has 6 heteroatoms. The Hall–Kier alpha value is -4.06. The maximum Gasteiger partial charge on any atom is 0.253 e. The maximum atomic E-state index is 13.5. The third kappa shape index (κ3) is 4.17. The molecule has 40 heavy (non-hydrogen) atoms. The number of fused-ring (bicyclic) bond motifs is 3. The third-order valence-electron chi connectivity index (χ3n) is 9.67. The molecule has 7 rings (SSSR count). The summed E-state index contributed by atoms with van der Waals surface area (Å²) in [6.07, 6.45) is 5.32. The molecule has 1 spiro atoms. The van der Waals surface area contributed by atoms with Crippen LogP contribution in [0.25, 0.3) is 0 Å². The molecule has 2 amide bonds. The van der Waals surface area contributed by atoms with E-state index in [1.165, 1.54) is 11.1 Å². The van der Waals surface area contributed by atoms with Gasteiger partial charge in [0.05, 0.1) is 0 Å². The van der Waals surface area contributed by atoms with Gasteiger partial charge >= 0.3 is 0 Å². The Morgan fingerprint density at radius 1 is 0.700 bits per heavy atom. The number of benzene rings is 3. The van der Waals surface area contributed by atoms with Gasteiger partial charge in [-0.3, -0.25) is 19.2 Å². The molecule has 2 aliphatic carbocycles. The summed E-state index contributed by atoms with van der Waals surface area (Å²) < 4.78 is 0. The van der Waals surface area contributed by atoms with Gasteiger partial charge in [0, 0.05) is 60.4 Å². The second-order valence-corrected chi connectivity index (χ2v) is 12.1. The average Bonchev–Trinajstić information content (AvgIpc) is 3.59. The Bertz CT molecular complexity index is 1540. The van der Waals surface area contributed by atoms with Crippen molar-refractivity contribution in [1.29, 1.82) is 0 Å². The van der Waals surface area contributed by atoms with Gasteiger partial charge in [0.1, 0.15) is 0 Å². The first kappa shape index (κ1) is 24.9. The Morgan fingerprint density at radius 3 is 1.90 bits per heavy atom. The molecule has 2 fully saturated rings. The monoisotopic (exact) mass is 532 g/mol. The molecule has 0 N–H and O–H groups in total. The summed E-state index contributed by atoms with van der Waals surface area (Å²) in [6, 6.07) is 20.3. The van der Waals surface area contributed by atoms with Crippen molar-refractivity contribution in [2.75, 3.05) is 26.2 Å². The molecule has 6 nitrogen and oxygen atoms in total. The van der Waals surface area contributed by atoms with Crippen LogP contribution in [0, 0.1) is 11.3 Å². The van der Waals surface area contributed by atoms with Gasteiger partial charge in [-0.25, -0.2) is 0 Å². The van der Waals surface area contributed by atoms with Crippen LogP contribution in [0.15, 0.2) is 66.7 Å². The minimum Gasteiger partial charge on any atom is -0.343 e. The van der Waals surface area contributed by atoms with Gasteiger partial charge in [-0.05, 0) is 72.8 Å². The Morgan fingerprint density at radius 2 is 1.25 bits per heavy atom. The van der Waals surface area contributed by atoms with Crippen molar-refractivity contribution >= 4 is 23.4 Å². The topological polar surface area (TPSA) is 74.8 Å². The van der Waals surface area contributed by atoms with Crippen LogP contribution in [0.1, 0.15) is 79.0 Å². The van der Waals surface area contributed by atoms with E-state index in [4.69, 9.17) is 0 Å². The Balaban J connectivity index is 0.980. The first-order valence-electron chi connectivity index (χ1n) is 14.4. The van der Waals surface area contributed by atoms with Crippen molar-refractivity contribution in [1.82, 2.24) is 9.80 Å². The van der Waals surface area contributed by atoms with E-state index in [0.717, 1.165) is 45.2 Å². The first-order chi connectivity index (χ1) is 19.4. The van der Waals surface area contributed by atoms with E-state index in [1.54, 1.807) is 42.5 Å². The second-order valence-electron chi connectivity index (χ2n) is 12.1. The summed E-state index contributed by atoms with van der Waals surface area (Å²) in [5, 5.41) is 0. The highest BCUT2D eigenvalue weighted by Crippen LogP contribution is 2.41. The quantitative estimate of drug-likeness (QED) is 0.383. The molecule has 3 aromatic rings. The normalized spacial score (nSPS) is 19.5. The lowest BCUT2D eigenvalue weighted by Gasteiger charge is -2.39. The van der Waals surface area contributed by atoms with E-state index >= 15 is 0 Å². The van der Waals surface area contributed by atoms with Crippen LogP contribution in [-0.4, -0.2) is 59.4 Å². The van der Waals surface area contributed by atoms with Crippen LogP contribution >= 0.6 is 0 Å². The third-order valence-corrected chi connectivity index (χ3v) is 9.67. The lowest BCUT2D eigenvalue weighted by molar-refractivity contribution is -0.134. The van der Waals surface area contributed by atoms with Crippen LogP contribution < -0.4 is 0 Å². The summed E-state index contributed by atoms with van der Waals surface area (Å²) in [5.41, 5.74) is 4.72. The fourth-order valence-corrected chi connectivity index (χ4v) is 7.33. The molecule has 4 aliphatic rings. The average molecular weight is 533 g/mol. The number of likely N-dealkylation sites (tertiary alicyclic amines) is 2. The van der Waals surface area contributed by atoms with E-state index in [2.05, 4.69) is 24.3 Å². The SMILES string of the molecule is O=C1c2ccccc2C(=O)c2cc(C(=O)N3CCC4(CCN(C(=O)CC5Cc6ccccc6C5)CC4)C3)ccc21. The zero-order valence-corrected chi connectivity index (χ0v) is 22.5. The van der Waals surface area contributed by atoms with Crippen molar-refractivity contribution in [3.05, 3.63) is 106 Å². The number of amides is 2. The molecule has 202 valence electrons.